The average molecular weight is 436 g/mol. The molecule has 0 radical (unpaired) electrons. The van der Waals surface area contributed by atoms with E-state index in [9.17, 15) is 4.79 Å². The van der Waals surface area contributed by atoms with Crippen molar-refractivity contribution in [3.8, 4) is 23.0 Å². The number of benzene rings is 2. The maximum atomic E-state index is 12.8. The Bertz CT molecular complexity index is 843. The van der Waals surface area contributed by atoms with E-state index in [-0.39, 0.29) is 12.0 Å². The number of amides is 1. The van der Waals surface area contributed by atoms with E-state index in [2.05, 4.69) is 21.2 Å². The molecule has 1 N–H and O–H groups in total. The molecule has 2 aromatic rings. The highest BCUT2D eigenvalue weighted by atomic mass is 79.9. The van der Waals surface area contributed by atoms with Crippen LogP contribution in [-0.2, 0) is 6.42 Å². The minimum atomic E-state index is -0.300. The zero-order valence-electron chi connectivity index (χ0n) is 15.7. The molecular formula is C20H22BrNO5. The number of nitrogens with one attached hydrogen (secondary N) is 1. The summed E-state index contributed by atoms with van der Waals surface area (Å²) in [5.74, 6) is 2.11. The number of rotatable bonds is 6. The van der Waals surface area contributed by atoms with Crippen LogP contribution in [0.4, 0.5) is 5.69 Å². The quantitative estimate of drug-likeness (QED) is 0.726. The summed E-state index contributed by atoms with van der Waals surface area (Å²) in [5, 5.41) is 2.91. The summed E-state index contributed by atoms with van der Waals surface area (Å²) >= 11 is 3.41. The molecule has 6 nitrogen and oxygen atoms in total. The number of halogens is 1. The maximum absolute atomic E-state index is 12.8. The van der Waals surface area contributed by atoms with Crippen molar-refractivity contribution >= 4 is 27.5 Å². The molecule has 27 heavy (non-hydrogen) atoms. The highest BCUT2D eigenvalue weighted by Gasteiger charge is 2.23. The largest absolute Gasteiger partial charge is 0.495 e. The van der Waals surface area contributed by atoms with Crippen LogP contribution < -0.4 is 24.3 Å². The Morgan fingerprint density at radius 1 is 1.19 bits per heavy atom. The van der Waals surface area contributed by atoms with E-state index in [0.717, 1.165) is 17.7 Å². The smallest absolute Gasteiger partial charge is 0.256 e. The van der Waals surface area contributed by atoms with Crippen LogP contribution in [0.2, 0.25) is 0 Å². The van der Waals surface area contributed by atoms with Crippen molar-refractivity contribution in [2.75, 3.05) is 26.1 Å². The normalized spacial score (nSPS) is 14.9. The highest BCUT2D eigenvalue weighted by molar-refractivity contribution is 9.10. The third-order valence-electron chi connectivity index (χ3n) is 4.25. The summed E-state index contributed by atoms with van der Waals surface area (Å²) in [6.07, 6.45) is 0.936. The number of anilines is 1. The van der Waals surface area contributed by atoms with Crippen LogP contribution in [0.25, 0.3) is 0 Å². The SMILES string of the molecule is CCOc1cc2c(cc1NC(=O)c1cc(OC)c(Br)c(OC)c1)OC(C)C2. The lowest BCUT2D eigenvalue weighted by molar-refractivity contribution is 0.102. The van der Waals surface area contributed by atoms with Crippen LogP contribution in [0, 0.1) is 0 Å². The molecular weight excluding hydrogens is 414 g/mol. The van der Waals surface area contributed by atoms with E-state index >= 15 is 0 Å². The lowest BCUT2D eigenvalue weighted by Crippen LogP contribution is -2.13. The van der Waals surface area contributed by atoms with Crippen LogP contribution in [-0.4, -0.2) is 32.8 Å². The molecule has 1 aliphatic heterocycles. The third-order valence-corrected chi connectivity index (χ3v) is 5.04. The molecule has 7 heteroatoms. The molecule has 1 unspecified atom stereocenters. The van der Waals surface area contributed by atoms with Crippen LogP contribution in [0.3, 0.4) is 0 Å². The van der Waals surface area contributed by atoms with Crippen molar-refractivity contribution in [1.82, 2.24) is 0 Å². The predicted octanol–water partition coefficient (Wildman–Crippen LogP) is 4.44. The van der Waals surface area contributed by atoms with Gasteiger partial charge in [0.05, 0.1) is 26.5 Å². The topological polar surface area (TPSA) is 66.0 Å². The van der Waals surface area contributed by atoms with Gasteiger partial charge in [-0.1, -0.05) is 0 Å². The number of hydrogen-bond donors (Lipinski definition) is 1. The predicted molar refractivity (Wildman–Crippen MR) is 107 cm³/mol. The first-order valence-corrected chi connectivity index (χ1v) is 9.45. The Labute approximate surface area is 166 Å². The Morgan fingerprint density at radius 3 is 2.44 bits per heavy atom. The summed E-state index contributed by atoms with van der Waals surface area (Å²) in [4.78, 5) is 12.8. The Hall–Kier alpha value is -2.41. The molecule has 0 aliphatic carbocycles. The van der Waals surface area contributed by atoms with Crippen LogP contribution in [0.15, 0.2) is 28.7 Å². The van der Waals surface area contributed by atoms with Gasteiger partial charge in [0.1, 0.15) is 33.6 Å². The van der Waals surface area contributed by atoms with Crippen LogP contribution >= 0.6 is 15.9 Å². The Kier molecular flexibility index (Phi) is 5.79. The van der Waals surface area contributed by atoms with Gasteiger partial charge in [0.25, 0.3) is 5.91 Å². The van der Waals surface area contributed by atoms with Gasteiger partial charge in [-0.15, -0.1) is 0 Å². The number of fused-ring (bicyclic) bond motifs is 1. The minimum Gasteiger partial charge on any atom is -0.495 e. The molecule has 1 atom stereocenters. The molecule has 1 amide bonds. The molecule has 144 valence electrons. The second-order valence-electron chi connectivity index (χ2n) is 6.17. The van der Waals surface area contributed by atoms with Gasteiger partial charge in [0.15, 0.2) is 0 Å². The molecule has 2 aromatic carbocycles. The van der Waals surface area contributed by atoms with Crippen molar-refractivity contribution in [2.45, 2.75) is 26.4 Å². The summed E-state index contributed by atoms with van der Waals surface area (Å²) in [7, 11) is 3.07. The molecule has 0 fully saturated rings. The number of carbonyl (C=O) groups excluding carboxylic acids is 1. The Morgan fingerprint density at radius 2 is 1.85 bits per heavy atom. The molecule has 1 heterocycles. The van der Waals surface area contributed by atoms with E-state index < -0.39 is 0 Å². The molecule has 3 rings (SSSR count). The molecule has 1 aliphatic rings. The lowest BCUT2D eigenvalue weighted by atomic mass is 10.1. The summed E-state index contributed by atoms with van der Waals surface area (Å²) < 4.78 is 22.8. The molecule has 0 saturated heterocycles. The van der Waals surface area contributed by atoms with Crippen molar-refractivity contribution in [3.63, 3.8) is 0 Å². The lowest BCUT2D eigenvalue weighted by Gasteiger charge is -2.15. The fourth-order valence-electron chi connectivity index (χ4n) is 3.01. The fraction of sp³-hybridized carbons (Fsp3) is 0.350. The standard InChI is InChI=1S/C20H22BrNO5/c1-5-26-16-7-12-6-11(2)27-15(12)10-14(16)22-20(23)13-8-17(24-3)19(21)18(9-13)25-4/h7-11H,5-6H2,1-4H3,(H,22,23). The van der Waals surface area contributed by atoms with Gasteiger partial charge in [-0.3, -0.25) is 4.79 Å². The Balaban J connectivity index is 1.93. The number of ether oxygens (including phenoxy) is 4. The van der Waals surface area contributed by atoms with Crippen molar-refractivity contribution in [3.05, 3.63) is 39.9 Å². The summed E-state index contributed by atoms with van der Waals surface area (Å²) in [5.41, 5.74) is 2.05. The van der Waals surface area contributed by atoms with Crippen LogP contribution in [0.1, 0.15) is 29.8 Å². The van der Waals surface area contributed by atoms with Crippen LogP contribution in [0.5, 0.6) is 23.0 Å². The van der Waals surface area contributed by atoms with E-state index in [4.69, 9.17) is 18.9 Å². The van der Waals surface area contributed by atoms with Crippen molar-refractivity contribution in [1.29, 1.82) is 0 Å². The van der Waals surface area contributed by atoms with Gasteiger partial charge in [-0.25, -0.2) is 0 Å². The van der Waals surface area contributed by atoms with E-state index in [0.29, 0.717) is 39.6 Å². The van der Waals surface area contributed by atoms with Gasteiger partial charge in [-0.05, 0) is 48.0 Å². The second-order valence-corrected chi connectivity index (χ2v) is 6.96. The van der Waals surface area contributed by atoms with E-state index in [1.165, 1.54) is 14.2 Å². The molecule has 0 spiro atoms. The zero-order valence-corrected chi connectivity index (χ0v) is 17.3. The van der Waals surface area contributed by atoms with Gasteiger partial charge in [-0.2, -0.15) is 0 Å². The monoisotopic (exact) mass is 435 g/mol. The highest BCUT2D eigenvalue weighted by Crippen LogP contribution is 2.39. The van der Waals surface area contributed by atoms with E-state index in [1.54, 1.807) is 12.1 Å². The maximum Gasteiger partial charge on any atom is 0.256 e. The van der Waals surface area contributed by atoms with Crippen molar-refractivity contribution in [2.24, 2.45) is 0 Å². The van der Waals surface area contributed by atoms with Gasteiger partial charge < -0.3 is 24.3 Å². The fourth-order valence-corrected chi connectivity index (χ4v) is 3.56. The molecule has 0 saturated carbocycles. The molecule has 0 bridgehead atoms. The minimum absolute atomic E-state index is 0.112. The number of hydrogen-bond acceptors (Lipinski definition) is 5. The average Bonchev–Trinajstić information content (AvgIpc) is 3.01. The number of carbonyl (C=O) groups is 1. The second kappa shape index (κ2) is 8.08. The van der Waals surface area contributed by atoms with Gasteiger partial charge >= 0.3 is 0 Å². The summed E-state index contributed by atoms with van der Waals surface area (Å²) in [6.45, 7) is 4.42. The third kappa shape index (κ3) is 3.98. The zero-order chi connectivity index (χ0) is 19.6. The first-order valence-electron chi connectivity index (χ1n) is 8.66. The first kappa shape index (κ1) is 19.4. The first-order chi connectivity index (χ1) is 13.0. The van der Waals surface area contributed by atoms with Gasteiger partial charge in [0, 0.05) is 23.6 Å². The van der Waals surface area contributed by atoms with E-state index in [1.807, 2.05) is 26.0 Å². The number of methoxy groups -OCH3 is 2. The van der Waals surface area contributed by atoms with Crippen molar-refractivity contribution < 1.29 is 23.7 Å². The molecule has 0 aromatic heterocycles. The van der Waals surface area contributed by atoms with Gasteiger partial charge in [0.2, 0.25) is 0 Å². The summed E-state index contributed by atoms with van der Waals surface area (Å²) in [6, 6.07) is 7.04.